The second kappa shape index (κ2) is 11.2. The Hall–Kier alpha value is -3.64. The van der Waals surface area contributed by atoms with Gasteiger partial charge in [-0.15, -0.1) is 0 Å². The molecule has 2 aromatic carbocycles. The van der Waals surface area contributed by atoms with Crippen molar-refractivity contribution < 1.29 is 31.1 Å². The molecule has 0 saturated carbocycles. The molecule has 3 rings (SSSR count). The zero-order valence-corrected chi connectivity index (χ0v) is 21.2. The summed E-state index contributed by atoms with van der Waals surface area (Å²) >= 11 is 0. The van der Waals surface area contributed by atoms with Gasteiger partial charge in [0, 0.05) is 25.0 Å². The van der Waals surface area contributed by atoms with Gasteiger partial charge in [0.25, 0.3) is 11.5 Å². The van der Waals surface area contributed by atoms with Crippen LogP contribution in [0.2, 0.25) is 0 Å². The van der Waals surface area contributed by atoms with Crippen molar-refractivity contribution in [2.75, 3.05) is 30.8 Å². The Balaban J connectivity index is 1.80. The maximum atomic E-state index is 13.1. The summed E-state index contributed by atoms with van der Waals surface area (Å²) in [6.45, 7) is 1.93. The molecule has 3 aromatic rings. The number of hydrogen-bond acceptors (Lipinski definition) is 5. The van der Waals surface area contributed by atoms with Gasteiger partial charge < -0.3 is 10.1 Å². The summed E-state index contributed by atoms with van der Waals surface area (Å²) in [6, 6.07) is 13.6. The van der Waals surface area contributed by atoms with E-state index in [1.54, 1.807) is 31.2 Å². The van der Waals surface area contributed by atoms with Crippen LogP contribution in [0.3, 0.4) is 0 Å². The van der Waals surface area contributed by atoms with Crippen LogP contribution in [0.1, 0.15) is 27.2 Å². The van der Waals surface area contributed by atoms with Crippen LogP contribution in [-0.4, -0.2) is 45.4 Å². The number of carbonyl (C=O) groups is 1. The van der Waals surface area contributed by atoms with Crippen LogP contribution >= 0.6 is 0 Å². The molecule has 0 aliphatic heterocycles. The van der Waals surface area contributed by atoms with Crippen LogP contribution in [0.25, 0.3) is 5.69 Å². The molecule has 0 aliphatic carbocycles. The van der Waals surface area contributed by atoms with Crippen LogP contribution < -0.4 is 15.2 Å². The quantitative estimate of drug-likeness (QED) is 0.451. The third-order valence-corrected chi connectivity index (χ3v) is 6.72. The van der Waals surface area contributed by atoms with Crippen molar-refractivity contribution in [1.29, 1.82) is 0 Å². The normalized spacial score (nSPS) is 11.8. The maximum absolute atomic E-state index is 13.1. The summed E-state index contributed by atoms with van der Waals surface area (Å²) < 4.78 is 70.8. The van der Waals surface area contributed by atoms with E-state index >= 15 is 0 Å². The molecule has 0 atom stereocenters. The number of amides is 1. The Morgan fingerprint density at radius 1 is 1.08 bits per heavy atom. The van der Waals surface area contributed by atoms with Gasteiger partial charge in [0.2, 0.25) is 10.0 Å². The van der Waals surface area contributed by atoms with E-state index in [0.717, 1.165) is 23.0 Å². The van der Waals surface area contributed by atoms with Gasteiger partial charge in [-0.3, -0.25) is 18.5 Å². The Morgan fingerprint density at radius 3 is 2.35 bits per heavy atom. The Labute approximate surface area is 212 Å². The SMILES string of the molecule is COCCN(c1ccc(CNC(=O)c2ccc(C)n(-c3cccc(C(F)(F)F)c3)c2=O)cc1)S(C)(=O)=O. The number of rotatable bonds is 9. The topological polar surface area (TPSA) is 97.7 Å². The van der Waals surface area contributed by atoms with E-state index < -0.39 is 33.2 Å². The van der Waals surface area contributed by atoms with E-state index in [2.05, 4.69) is 5.32 Å². The number of nitrogens with zero attached hydrogens (tertiary/aromatic N) is 2. The number of aryl methyl sites for hydroxylation is 1. The molecule has 12 heteroatoms. The molecule has 1 N–H and O–H groups in total. The van der Waals surface area contributed by atoms with E-state index in [1.165, 1.54) is 35.7 Å². The van der Waals surface area contributed by atoms with Crippen molar-refractivity contribution >= 4 is 21.6 Å². The molecule has 0 saturated heterocycles. The van der Waals surface area contributed by atoms with Crippen LogP contribution in [0.4, 0.5) is 18.9 Å². The number of sulfonamides is 1. The molecule has 1 aromatic heterocycles. The van der Waals surface area contributed by atoms with Gasteiger partial charge in [-0.25, -0.2) is 8.42 Å². The van der Waals surface area contributed by atoms with Crippen molar-refractivity contribution in [3.8, 4) is 5.69 Å². The van der Waals surface area contributed by atoms with Crippen LogP contribution in [0.15, 0.2) is 65.5 Å². The molecular weight excluding hydrogens is 511 g/mol. The highest BCUT2D eigenvalue weighted by molar-refractivity contribution is 7.92. The molecule has 0 spiro atoms. The lowest BCUT2D eigenvalue weighted by molar-refractivity contribution is -0.137. The highest BCUT2D eigenvalue weighted by Gasteiger charge is 2.30. The monoisotopic (exact) mass is 537 g/mol. The predicted molar refractivity (Wildman–Crippen MR) is 133 cm³/mol. The van der Waals surface area contributed by atoms with Gasteiger partial charge in [0.05, 0.1) is 30.7 Å². The average molecular weight is 538 g/mol. The van der Waals surface area contributed by atoms with E-state index in [9.17, 15) is 31.2 Å². The number of carbonyl (C=O) groups excluding carboxylic acids is 1. The van der Waals surface area contributed by atoms with Gasteiger partial charge >= 0.3 is 6.18 Å². The minimum Gasteiger partial charge on any atom is -0.383 e. The molecule has 37 heavy (non-hydrogen) atoms. The number of nitrogens with one attached hydrogen (secondary N) is 1. The molecule has 198 valence electrons. The molecular formula is C25H26F3N3O5S. The highest BCUT2D eigenvalue weighted by Crippen LogP contribution is 2.30. The molecule has 0 bridgehead atoms. The summed E-state index contributed by atoms with van der Waals surface area (Å²) in [6.07, 6.45) is -3.50. The lowest BCUT2D eigenvalue weighted by atomic mass is 10.1. The van der Waals surface area contributed by atoms with Gasteiger partial charge in [0.15, 0.2) is 0 Å². The number of benzene rings is 2. The van der Waals surface area contributed by atoms with Gasteiger partial charge in [0.1, 0.15) is 5.56 Å². The lowest BCUT2D eigenvalue weighted by Crippen LogP contribution is -2.33. The van der Waals surface area contributed by atoms with Crippen molar-refractivity contribution in [3.05, 3.63) is 93.4 Å². The number of alkyl halides is 3. The number of hydrogen-bond donors (Lipinski definition) is 1. The number of ether oxygens (including phenoxy) is 1. The number of anilines is 1. The van der Waals surface area contributed by atoms with Crippen molar-refractivity contribution in [3.63, 3.8) is 0 Å². The van der Waals surface area contributed by atoms with Crippen molar-refractivity contribution in [2.24, 2.45) is 0 Å². The minimum absolute atomic E-state index is 0.00790. The summed E-state index contributed by atoms with van der Waals surface area (Å²) in [5.41, 5.74) is -0.477. The zero-order chi connectivity index (χ0) is 27.4. The summed E-state index contributed by atoms with van der Waals surface area (Å²) in [7, 11) is -2.06. The van der Waals surface area contributed by atoms with Gasteiger partial charge in [-0.2, -0.15) is 13.2 Å². The van der Waals surface area contributed by atoms with Crippen LogP contribution in [-0.2, 0) is 27.5 Å². The lowest BCUT2D eigenvalue weighted by Gasteiger charge is -2.22. The largest absolute Gasteiger partial charge is 0.416 e. The molecule has 8 nitrogen and oxygen atoms in total. The third kappa shape index (κ3) is 6.77. The van der Waals surface area contributed by atoms with Crippen LogP contribution in [0.5, 0.6) is 0 Å². The fourth-order valence-electron chi connectivity index (χ4n) is 3.66. The zero-order valence-electron chi connectivity index (χ0n) is 20.4. The number of methoxy groups -OCH3 is 1. The van der Waals surface area contributed by atoms with Gasteiger partial charge in [-0.1, -0.05) is 18.2 Å². The maximum Gasteiger partial charge on any atom is 0.416 e. The first-order valence-electron chi connectivity index (χ1n) is 11.1. The van der Waals surface area contributed by atoms with Crippen molar-refractivity contribution in [1.82, 2.24) is 9.88 Å². The molecule has 0 unspecified atom stereocenters. The van der Waals surface area contributed by atoms with E-state index in [4.69, 9.17) is 4.74 Å². The summed E-state index contributed by atoms with van der Waals surface area (Å²) in [4.78, 5) is 25.8. The van der Waals surface area contributed by atoms with Gasteiger partial charge in [-0.05, 0) is 55.0 Å². The number of halogens is 3. The predicted octanol–water partition coefficient (Wildman–Crippen LogP) is 3.51. The molecule has 0 radical (unpaired) electrons. The standard InChI is InChI=1S/C25H26F3N3O5S/c1-17-7-12-22(24(33)31(17)21-6-4-5-19(15-21)25(26,27)28)23(32)29-16-18-8-10-20(11-9-18)30(13-14-36-2)37(3,34)35/h4-12,15H,13-14,16H2,1-3H3,(H,29,32). The molecule has 0 fully saturated rings. The Kier molecular flexibility index (Phi) is 8.44. The average Bonchev–Trinajstić information content (AvgIpc) is 2.82. The number of pyridine rings is 1. The first-order valence-corrected chi connectivity index (χ1v) is 12.9. The van der Waals surface area contributed by atoms with E-state index in [1.807, 2.05) is 0 Å². The molecule has 1 amide bonds. The fraction of sp³-hybridized carbons (Fsp3) is 0.280. The van der Waals surface area contributed by atoms with E-state index in [-0.39, 0.29) is 30.9 Å². The second-order valence-corrected chi connectivity index (χ2v) is 10.2. The van der Waals surface area contributed by atoms with Crippen molar-refractivity contribution in [2.45, 2.75) is 19.6 Å². The Bertz CT molecular complexity index is 1440. The first kappa shape index (κ1) is 27.9. The second-order valence-electron chi connectivity index (χ2n) is 8.25. The fourth-order valence-corrected chi connectivity index (χ4v) is 4.57. The van der Waals surface area contributed by atoms with Crippen LogP contribution in [0, 0.1) is 6.92 Å². The number of aromatic nitrogens is 1. The summed E-state index contributed by atoms with van der Waals surface area (Å²) in [5.74, 6) is -0.701. The first-order chi connectivity index (χ1) is 17.3. The third-order valence-electron chi connectivity index (χ3n) is 5.53. The highest BCUT2D eigenvalue weighted by atomic mass is 32.2. The smallest absolute Gasteiger partial charge is 0.383 e. The Morgan fingerprint density at radius 2 is 1.76 bits per heavy atom. The summed E-state index contributed by atoms with van der Waals surface area (Å²) in [5, 5.41) is 2.62. The minimum atomic E-state index is -4.58. The molecule has 0 aliphatic rings. The molecule has 1 heterocycles. The van der Waals surface area contributed by atoms with E-state index in [0.29, 0.717) is 16.9 Å².